The maximum atomic E-state index is 13.5. The zero-order chi connectivity index (χ0) is 20.6. The van der Waals surface area contributed by atoms with E-state index in [1.807, 2.05) is 24.3 Å². The average molecular weight is 392 g/mol. The van der Waals surface area contributed by atoms with Crippen LogP contribution in [0.1, 0.15) is 68.6 Å². The molecule has 0 spiro atoms. The highest BCUT2D eigenvalue weighted by Crippen LogP contribution is 2.31. The van der Waals surface area contributed by atoms with Crippen LogP contribution in [-0.4, -0.2) is 0 Å². The summed E-state index contributed by atoms with van der Waals surface area (Å²) >= 11 is 0. The van der Waals surface area contributed by atoms with Crippen molar-refractivity contribution in [2.75, 3.05) is 5.73 Å². The molecule has 1 nitrogen and oxygen atoms in total. The summed E-state index contributed by atoms with van der Waals surface area (Å²) in [5.74, 6) is 12.2. The molecule has 0 amide bonds. The predicted octanol–water partition coefficient (Wildman–Crippen LogP) is 6.29. The van der Waals surface area contributed by atoms with Gasteiger partial charge in [-0.05, 0) is 68.0 Å². The highest BCUT2D eigenvalue weighted by atomic mass is 19.1. The molecule has 3 rings (SSSR count). The van der Waals surface area contributed by atoms with Crippen LogP contribution in [0, 0.1) is 47.2 Å². The Morgan fingerprint density at radius 3 is 2.00 bits per heavy atom. The van der Waals surface area contributed by atoms with E-state index < -0.39 is 17.3 Å². The van der Waals surface area contributed by atoms with Crippen LogP contribution >= 0.6 is 0 Å². The number of nitrogens with two attached hydrogens (primary N) is 1. The fourth-order valence-electron chi connectivity index (χ4n) is 3.71. The summed E-state index contributed by atoms with van der Waals surface area (Å²) in [4.78, 5) is 0. The van der Waals surface area contributed by atoms with Crippen LogP contribution in [0.3, 0.4) is 0 Å². The first-order valence-corrected chi connectivity index (χ1v) is 10.4. The first-order valence-electron chi connectivity index (χ1n) is 10.4. The summed E-state index contributed by atoms with van der Waals surface area (Å²) in [7, 11) is 0. The van der Waals surface area contributed by atoms with Crippen LogP contribution in [0.2, 0.25) is 0 Å². The molecule has 0 aliphatic heterocycles. The molecule has 0 saturated heterocycles. The normalized spacial score (nSPS) is 18.3. The van der Waals surface area contributed by atoms with Crippen molar-refractivity contribution in [3.63, 3.8) is 0 Å². The number of anilines is 1. The highest BCUT2D eigenvalue weighted by molar-refractivity contribution is 5.50. The zero-order valence-corrected chi connectivity index (χ0v) is 16.9. The van der Waals surface area contributed by atoms with Gasteiger partial charge in [-0.25, -0.2) is 8.78 Å². The number of halogens is 2. The van der Waals surface area contributed by atoms with Crippen molar-refractivity contribution in [2.45, 2.75) is 51.9 Å². The van der Waals surface area contributed by atoms with E-state index in [-0.39, 0.29) is 5.56 Å². The third-order valence-electron chi connectivity index (χ3n) is 5.55. The fourth-order valence-corrected chi connectivity index (χ4v) is 3.71. The number of unbranched alkanes of at least 4 members (excludes halogenated alkanes) is 1. The summed E-state index contributed by atoms with van der Waals surface area (Å²) in [5.41, 5.74) is 6.78. The van der Waals surface area contributed by atoms with Crippen molar-refractivity contribution in [3.8, 4) is 23.7 Å². The van der Waals surface area contributed by atoms with Gasteiger partial charge >= 0.3 is 0 Å². The minimum Gasteiger partial charge on any atom is -0.394 e. The van der Waals surface area contributed by atoms with Gasteiger partial charge in [-0.15, -0.1) is 0 Å². The van der Waals surface area contributed by atoms with Crippen LogP contribution in [0.4, 0.5) is 14.5 Å². The van der Waals surface area contributed by atoms with Crippen molar-refractivity contribution in [3.05, 3.63) is 64.7 Å². The number of hydrogen-bond donors (Lipinski definition) is 1. The van der Waals surface area contributed by atoms with Crippen molar-refractivity contribution in [2.24, 2.45) is 11.8 Å². The van der Waals surface area contributed by atoms with Gasteiger partial charge in [0.05, 0.1) is 0 Å². The third-order valence-corrected chi connectivity index (χ3v) is 5.55. The van der Waals surface area contributed by atoms with E-state index in [1.165, 1.54) is 44.9 Å². The molecule has 1 fully saturated rings. The third kappa shape index (κ3) is 6.10. The van der Waals surface area contributed by atoms with Crippen LogP contribution in [0.5, 0.6) is 0 Å². The Kier molecular flexibility index (Phi) is 7.31. The predicted molar refractivity (Wildman–Crippen MR) is 115 cm³/mol. The van der Waals surface area contributed by atoms with Gasteiger partial charge in [0.25, 0.3) is 0 Å². The Labute approximate surface area is 172 Å². The molecule has 0 radical (unpaired) electrons. The number of hydrogen-bond acceptors (Lipinski definition) is 1. The van der Waals surface area contributed by atoms with Crippen molar-refractivity contribution >= 4 is 5.69 Å². The molecule has 0 bridgehead atoms. The van der Waals surface area contributed by atoms with Crippen molar-refractivity contribution in [1.82, 2.24) is 0 Å². The van der Waals surface area contributed by atoms with Crippen LogP contribution in [0.15, 0.2) is 36.4 Å². The lowest BCUT2D eigenvalue weighted by Gasteiger charge is -2.25. The molecule has 1 saturated carbocycles. The molecule has 3 heteroatoms. The SMILES string of the molecule is CCCCC1CCC(C#Cc2ccc(C#Cc3cc(F)c(N)c(F)c3)cc2)CC1. The first-order chi connectivity index (χ1) is 14.0. The quantitative estimate of drug-likeness (QED) is 0.482. The Balaban J connectivity index is 1.58. The summed E-state index contributed by atoms with van der Waals surface area (Å²) in [6, 6.07) is 9.91. The van der Waals surface area contributed by atoms with Gasteiger partial charge < -0.3 is 5.73 Å². The van der Waals surface area contributed by atoms with Gasteiger partial charge in [-0.3, -0.25) is 0 Å². The topological polar surface area (TPSA) is 26.0 Å². The second kappa shape index (κ2) is 10.1. The average Bonchev–Trinajstić information content (AvgIpc) is 2.74. The van der Waals surface area contributed by atoms with E-state index in [1.54, 1.807) is 0 Å². The van der Waals surface area contributed by atoms with Crippen molar-refractivity contribution < 1.29 is 8.78 Å². The van der Waals surface area contributed by atoms with E-state index >= 15 is 0 Å². The largest absolute Gasteiger partial charge is 0.394 e. The van der Waals surface area contributed by atoms with Crippen LogP contribution in [-0.2, 0) is 0 Å². The van der Waals surface area contributed by atoms with Gasteiger partial charge in [0.15, 0.2) is 0 Å². The molecule has 0 aromatic heterocycles. The molecule has 0 unspecified atom stereocenters. The van der Waals surface area contributed by atoms with Gasteiger partial charge in [-0.1, -0.05) is 49.9 Å². The minimum absolute atomic E-state index is 0.257. The monoisotopic (exact) mass is 391 g/mol. The minimum atomic E-state index is -0.792. The van der Waals surface area contributed by atoms with E-state index in [9.17, 15) is 8.78 Å². The zero-order valence-electron chi connectivity index (χ0n) is 16.9. The van der Waals surface area contributed by atoms with E-state index in [2.05, 4.69) is 30.6 Å². The Morgan fingerprint density at radius 2 is 1.41 bits per heavy atom. The molecule has 2 N–H and O–H groups in total. The van der Waals surface area contributed by atoms with E-state index in [4.69, 9.17) is 5.73 Å². The van der Waals surface area contributed by atoms with E-state index in [0.717, 1.165) is 29.2 Å². The van der Waals surface area contributed by atoms with Crippen molar-refractivity contribution in [1.29, 1.82) is 0 Å². The fraction of sp³-hybridized carbons (Fsp3) is 0.385. The second-order valence-electron chi connectivity index (χ2n) is 7.81. The summed E-state index contributed by atoms with van der Waals surface area (Å²) in [6.07, 6.45) is 9.03. The second-order valence-corrected chi connectivity index (χ2v) is 7.81. The summed E-state index contributed by atoms with van der Waals surface area (Å²) < 4.78 is 27.0. The molecule has 1 aliphatic rings. The number of benzene rings is 2. The number of rotatable bonds is 3. The Hall–Kier alpha value is -2.78. The standard InChI is InChI=1S/C26H27F2N/c1-2-3-4-19-5-7-20(8-6-19)9-10-21-11-13-22(14-12-21)15-16-23-17-24(27)26(29)25(28)18-23/h11-14,17-20H,2-8,29H2,1H3. The molecule has 1 aliphatic carbocycles. The lowest BCUT2D eigenvalue weighted by Crippen LogP contribution is -2.13. The van der Waals surface area contributed by atoms with Crippen LogP contribution < -0.4 is 5.73 Å². The lowest BCUT2D eigenvalue weighted by atomic mass is 9.80. The lowest BCUT2D eigenvalue weighted by molar-refractivity contribution is 0.296. The Bertz CT molecular complexity index is 923. The van der Waals surface area contributed by atoms with Gasteiger partial charge in [-0.2, -0.15) is 0 Å². The summed E-state index contributed by atoms with van der Waals surface area (Å²) in [6.45, 7) is 2.26. The van der Waals surface area contributed by atoms with E-state index in [0.29, 0.717) is 5.92 Å². The van der Waals surface area contributed by atoms with Gasteiger partial charge in [0.2, 0.25) is 0 Å². The molecular weight excluding hydrogens is 364 g/mol. The molecule has 0 heterocycles. The summed E-state index contributed by atoms with van der Waals surface area (Å²) in [5, 5.41) is 0. The van der Waals surface area contributed by atoms with Gasteiger partial charge in [0.1, 0.15) is 17.3 Å². The molecule has 29 heavy (non-hydrogen) atoms. The smallest absolute Gasteiger partial charge is 0.150 e. The highest BCUT2D eigenvalue weighted by Gasteiger charge is 2.19. The number of nitrogen functional groups attached to an aromatic ring is 1. The molecule has 0 atom stereocenters. The van der Waals surface area contributed by atoms with Gasteiger partial charge in [0, 0.05) is 22.6 Å². The molecule has 150 valence electrons. The van der Waals surface area contributed by atoms with Crippen LogP contribution in [0.25, 0.3) is 0 Å². The Morgan fingerprint density at radius 1 is 0.862 bits per heavy atom. The first kappa shape index (κ1) is 20.9. The molecule has 2 aromatic carbocycles. The maximum absolute atomic E-state index is 13.5. The molecular formula is C26H27F2N. The molecule has 2 aromatic rings. The maximum Gasteiger partial charge on any atom is 0.150 e.